The molecule has 4 N–H and O–H groups in total. The minimum absolute atomic E-state index is 0.0186. The lowest BCUT2D eigenvalue weighted by molar-refractivity contribution is -0.137. The molecule has 140 valence electrons. The SMILES string of the molecule is CC/C=C\C[C@@H](O)/C=C/C=C/C=C\C=C/[C@@H](O)[C@H](O)CCCC(=O)O. The fourth-order valence-electron chi connectivity index (χ4n) is 1.87. The van der Waals surface area contributed by atoms with Gasteiger partial charge in [-0.3, -0.25) is 4.79 Å². The molecule has 0 amide bonds. The Kier molecular flexibility index (Phi) is 14.4. The maximum absolute atomic E-state index is 10.4. The van der Waals surface area contributed by atoms with Gasteiger partial charge in [-0.15, -0.1) is 0 Å². The quantitative estimate of drug-likeness (QED) is 0.302. The molecule has 0 heterocycles. The normalized spacial score (nSPS) is 16.6. The number of rotatable bonds is 13. The highest BCUT2D eigenvalue weighted by Gasteiger charge is 2.12. The Balaban J connectivity index is 4.02. The Morgan fingerprint density at radius 3 is 2.12 bits per heavy atom. The van der Waals surface area contributed by atoms with Crippen molar-refractivity contribution < 1.29 is 25.2 Å². The van der Waals surface area contributed by atoms with E-state index in [9.17, 15) is 20.1 Å². The molecule has 0 radical (unpaired) electrons. The van der Waals surface area contributed by atoms with E-state index in [4.69, 9.17) is 5.11 Å². The molecule has 0 aromatic heterocycles. The van der Waals surface area contributed by atoms with E-state index >= 15 is 0 Å². The number of hydrogen-bond donors (Lipinski definition) is 4. The van der Waals surface area contributed by atoms with E-state index in [1.807, 2.05) is 19.1 Å². The summed E-state index contributed by atoms with van der Waals surface area (Å²) in [6.07, 6.45) is 17.2. The van der Waals surface area contributed by atoms with Crippen molar-refractivity contribution in [2.75, 3.05) is 0 Å². The van der Waals surface area contributed by atoms with Crippen LogP contribution in [0.4, 0.5) is 0 Å². The van der Waals surface area contributed by atoms with Crippen LogP contribution < -0.4 is 0 Å². The number of aliphatic hydroxyl groups excluding tert-OH is 3. The van der Waals surface area contributed by atoms with E-state index < -0.39 is 24.3 Å². The largest absolute Gasteiger partial charge is 0.481 e. The van der Waals surface area contributed by atoms with Crippen molar-refractivity contribution >= 4 is 5.97 Å². The molecular weight excluding hydrogens is 320 g/mol. The van der Waals surface area contributed by atoms with Crippen molar-refractivity contribution in [1.82, 2.24) is 0 Å². The molecule has 0 fully saturated rings. The van der Waals surface area contributed by atoms with Crippen LogP contribution in [-0.2, 0) is 4.79 Å². The number of carboxylic acid groups (broad SMARTS) is 1. The van der Waals surface area contributed by atoms with Gasteiger partial charge in [0.2, 0.25) is 0 Å². The second-order valence-corrected chi connectivity index (χ2v) is 5.57. The number of carboxylic acids is 1. The van der Waals surface area contributed by atoms with Crippen LogP contribution in [0.5, 0.6) is 0 Å². The molecule has 5 nitrogen and oxygen atoms in total. The van der Waals surface area contributed by atoms with Crippen LogP contribution in [0.15, 0.2) is 60.8 Å². The molecule has 0 saturated heterocycles. The standard InChI is InChI=1S/C20H30O5/c1-2-3-8-12-17(21)13-9-6-4-5-7-10-14-18(22)19(23)15-11-16-20(24)25/h3-10,13-14,17-19,21-23H,2,11-12,15-16H2,1H3,(H,24,25)/b6-4+,7-5-,8-3-,13-9+,14-10-/t17-,18-,19-/m1/s1. The van der Waals surface area contributed by atoms with Crippen LogP contribution in [0.25, 0.3) is 0 Å². The van der Waals surface area contributed by atoms with Crippen molar-refractivity contribution in [3.63, 3.8) is 0 Å². The maximum atomic E-state index is 10.4. The van der Waals surface area contributed by atoms with Crippen LogP contribution >= 0.6 is 0 Å². The average Bonchev–Trinajstić information content (AvgIpc) is 2.56. The average molecular weight is 350 g/mol. The van der Waals surface area contributed by atoms with Crippen molar-refractivity contribution in [1.29, 1.82) is 0 Å². The summed E-state index contributed by atoms with van der Waals surface area (Å²) in [4.78, 5) is 10.4. The lowest BCUT2D eigenvalue weighted by Crippen LogP contribution is -2.23. The molecule has 0 rings (SSSR count). The zero-order chi connectivity index (χ0) is 18.9. The smallest absolute Gasteiger partial charge is 0.303 e. The molecule has 0 unspecified atom stereocenters. The maximum Gasteiger partial charge on any atom is 0.303 e. The second-order valence-electron chi connectivity index (χ2n) is 5.57. The number of allylic oxidation sites excluding steroid dienone is 7. The first-order valence-electron chi connectivity index (χ1n) is 8.56. The van der Waals surface area contributed by atoms with Gasteiger partial charge in [0.25, 0.3) is 0 Å². The van der Waals surface area contributed by atoms with Gasteiger partial charge in [0, 0.05) is 6.42 Å². The molecule has 0 aromatic carbocycles. The predicted molar refractivity (Wildman–Crippen MR) is 100 cm³/mol. The minimum Gasteiger partial charge on any atom is -0.481 e. The number of aliphatic carboxylic acids is 1. The zero-order valence-electron chi connectivity index (χ0n) is 14.7. The fraction of sp³-hybridized carbons (Fsp3) is 0.450. The van der Waals surface area contributed by atoms with Gasteiger partial charge in [-0.1, -0.05) is 67.7 Å². The van der Waals surface area contributed by atoms with Crippen molar-refractivity contribution in [2.45, 2.75) is 57.3 Å². The highest BCUT2D eigenvalue weighted by molar-refractivity contribution is 5.66. The summed E-state index contributed by atoms with van der Waals surface area (Å²) in [5.41, 5.74) is 0. The summed E-state index contributed by atoms with van der Waals surface area (Å²) in [6, 6.07) is 0. The summed E-state index contributed by atoms with van der Waals surface area (Å²) in [7, 11) is 0. The summed E-state index contributed by atoms with van der Waals surface area (Å²) in [5.74, 6) is -0.911. The third-order valence-electron chi connectivity index (χ3n) is 3.26. The van der Waals surface area contributed by atoms with Crippen LogP contribution in [0.2, 0.25) is 0 Å². The molecule has 0 aromatic rings. The predicted octanol–water partition coefficient (Wildman–Crippen LogP) is 2.91. The Bertz CT molecular complexity index is 488. The first-order chi connectivity index (χ1) is 12.0. The molecule has 25 heavy (non-hydrogen) atoms. The van der Waals surface area contributed by atoms with Gasteiger partial charge < -0.3 is 20.4 Å². The molecule has 3 atom stereocenters. The first-order valence-corrected chi connectivity index (χ1v) is 8.56. The van der Waals surface area contributed by atoms with Crippen molar-refractivity contribution in [2.24, 2.45) is 0 Å². The van der Waals surface area contributed by atoms with E-state index in [-0.39, 0.29) is 12.8 Å². The van der Waals surface area contributed by atoms with E-state index in [0.29, 0.717) is 12.8 Å². The van der Waals surface area contributed by atoms with Gasteiger partial charge in [0.1, 0.15) is 0 Å². The molecular formula is C20H30O5. The minimum atomic E-state index is -1.02. The summed E-state index contributed by atoms with van der Waals surface area (Å²) < 4.78 is 0. The number of carbonyl (C=O) groups is 1. The molecule has 0 aliphatic carbocycles. The van der Waals surface area contributed by atoms with E-state index in [1.165, 1.54) is 6.08 Å². The summed E-state index contributed by atoms with van der Waals surface area (Å²) in [5, 5.41) is 37.5. The van der Waals surface area contributed by atoms with Gasteiger partial charge in [-0.2, -0.15) is 0 Å². The van der Waals surface area contributed by atoms with Crippen LogP contribution in [-0.4, -0.2) is 44.7 Å². The van der Waals surface area contributed by atoms with E-state index in [2.05, 4.69) is 0 Å². The third-order valence-corrected chi connectivity index (χ3v) is 3.26. The van der Waals surface area contributed by atoms with Gasteiger partial charge >= 0.3 is 5.97 Å². The molecule has 0 aliphatic heterocycles. The summed E-state index contributed by atoms with van der Waals surface area (Å²) >= 11 is 0. The molecule has 0 spiro atoms. The van der Waals surface area contributed by atoms with Gasteiger partial charge in [0.05, 0.1) is 18.3 Å². The third kappa shape index (κ3) is 15.3. The highest BCUT2D eigenvalue weighted by Crippen LogP contribution is 2.06. The van der Waals surface area contributed by atoms with E-state index in [0.717, 1.165) is 6.42 Å². The highest BCUT2D eigenvalue weighted by atomic mass is 16.4. The molecule has 5 heteroatoms. The summed E-state index contributed by atoms with van der Waals surface area (Å²) in [6.45, 7) is 2.04. The lowest BCUT2D eigenvalue weighted by Gasteiger charge is -2.13. The fourth-order valence-corrected chi connectivity index (χ4v) is 1.87. The Morgan fingerprint density at radius 2 is 1.52 bits per heavy atom. The zero-order valence-corrected chi connectivity index (χ0v) is 14.7. The topological polar surface area (TPSA) is 98.0 Å². The molecule has 0 bridgehead atoms. The second kappa shape index (κ2) is 15.6. The monoisotopic (exact) mass is 350 g/mol. The van der Waals surface area contributed by atoms with Gasteiger partial charge in [0.15, 0.2) is 0 Å². The van der Waals surface area contributed by atoms with E-state index in [1.54, 1.807) is 42.5 Å². The first kappa shape index (κ1) is 23.1. The molecule has 0 aliphatic rings. The van der Waals surface area contributed by atoms with Gasteiger partial charge in [-0.25, -0.2) is 0 Å². The Labute approximate surface area is 150 Å². The van der Waals surface area contributed by atoms with Crippen LogP contribution in [0.1, 0.15) is 39.0 Å². The van der Waals surface area contributed by atoms with Gasteiger partial charge in [-0.05, 0) is 25.7 Å². The molecule has 0 saturated carbocycles. The van der Waals surface area contributed by atoms with Crippen molar-refractivity contribution in [3.8, 4) is 0 Å². The van der Waals surface area contributed by atoms with Crippen LogP contribution in [0, 0.1) is 0 Å². The Morgan fingerprint density at radius 1 is 0.920 bits per heavy atom. The Hall–Kier alpha value is -1.95. The number of aliphatic hydroxyl groups is 3. The lowest BCUT2D eigenvalue weighted by atomic mass is 10.1. The van der Waals surface area contributed by atoms with Crippen LogP contribution in [0.3, 0.4) is 0 Å². The van der Waals surface area contributed by atoms with Crippen molar-refractivity contribution in [3.05, 3.63) is 60.8 Å². The number of hydrogen-bond acceptors (Lipinski definition) is 4.